The molecule has 1 unspecified atom stereocenters. The first-order valence-corrected chi connectivity index (χ1v) is 9.97. The molecular weight excluding hydrogens is 483 g/mol. The molecule has 2 heterocycles. The highest BCUT2D eigenvalue weighted by molar-refractivity contribution is 14.1. The fourth-order valence-corrected chi connectivity index (χ4v) is 4.87. The van der Waals surface area contributed by atoms with Crippen molar-refractivity contribution in [2.45, 2.75) is 6.23 Å². The second-order valence-corrected chi connectivity index (χ2v) is 7.78. The van der Waals surface area contributed by atoms with Crippen LogP contribution < -0.4 is 4.90 Å². The summed E-state index contributed by atoms with van der Waals surface area (Å²) < 4.78 is 6.82. The van der Waals surface area contributed by atoms with Gasteiger partial charge in [-0.25, -0.2) is 4.79 Å². The van der Waals surface area contributed by atoms with Crippen molar-refractivity contribution in [1.82, 2.24) is 0 Å². The molecular formula is C22H13IN2O4. The van der Waals surface area contributed by atoms with Gasteiger partial charge in [-0.2, -0.15) is 0 Å². The number of carbonyl (C=O) groups is 1. The average molecular weight is 496 g/mol. The van der Waals surface area contributed by atoms with Crippen molar-refractivity contribution < 1.29 is 14.5 Å². The van der Waals surface area contributed by atoms with Crippen LogP contribution in [0.2, 0.25) is 0 Å². The van der Waals surface area contributed by atoms with Crippen LogP contribution in [-0.4, -0.2) is 10.9 Å². The number of anilines is 1. The van der Waals surface area contributed by atoms with E-state index in [2.05, 4.69) is 22.6 Å². The van der Waals surface area contributed by atoms with Gasteiger partial charge in [-0.3, -0.25) is 15.0 Å². The summed E-state index contributed by atoms with van der Waals surface area (Å²) in [4.78, 5) is 25.4. The van der Waals surface area contributed by atoms with Crippen LogP contribution in [0.25, 0.3) is 9.28 Å². The highest BCUT2D eigenvalue weighted by Gasteiger charge is 2.42. The lowest BCUT2D eigenvalue weighted by atomic mass is 9.94. The number of ether oxygens (including phenoxy) is 1. The first-order valence-electron chi connectivity index (χ1n) is 8.89. The summed E-state index contributed by atoms with van der Waals surface area (Å²) in [6, 6.07) is 22.0. The lowest BCUT2D eigenvalue weighted by molar-refractivity contribution is -0.384. The van der Waals surface area contributed by atoms with Crippen molar-refractivity contribution >= 4 is 49.2 Å². The topological polar surface area (TPSA) is 72.7 Å². The van der Waals surface area contributed by atoms with Crippen molar-refractivity contribution in [3.8, 4) is 0 Å². The van der Waals surface area contributed by atoms with Gasteiger partial charge < -0.3 is 4.74 Å². The Morgan fingerprint density at radius 2 is 1.69 bits per heavy atom. The maximum absolute atomic E-state index is 12.8. The van der Waals surface area contributed by atoms with Gasteiger partial charge in [0.2, 0.25) is 6.23 Å². The van der Waals surface area contributed by atoms with Gasteiger partial charge in [-0.1, -0.05) is 54.6 Å². The van der Waals surface area contributed by atoms with Crippen LogP contribution in [0.4, 0.5) is 11.4 Å². The van der Waals surface area contributed by atoms with Gasteiger partial charge in [-0.05, 0) is 39.8 Å². The average Bonchev–Trinajstić information content (AvgIpc) is 2.75. The van der Waals surface area contributed by atoms with E-state index >= 15 is 0 Å². The number of non-ortho nitro benzene ring substituents is 1. The van der Waals surface area contributed by atoms with E-state index in [9.17, 15) is 14.9 Å². The molecule has 3 aromatic carbocycles. The van der Waals surface area contributed by atoms with E-state index in [0.29, 0.717) is 5.69 Å². The second kappa shape index (κ2) is 6.70. The zero-order chi connectivity index (χ0) is 20.1. The van der Waals surface area contributed by atoms with E-state index < -0.39 is 17.1 Å². The summed E-state index contributed by atoms with van der Waals surface area (Å²) in [7, 11) is 0. The van der Waals surface area contributed by atoms with Gasteiger partial charge in [0.1, 0.15) is 0 Å². The summed E-state index contributed by atoms with van der Waals surface area (Å²) in [5.74, 6) is -0.566. The number of hydrogen-bond donors (Lipinski definition) is 0. The summed E-state index contributed by atoms with van der Waals surface area (Å²) in [5, 5.41) is 11.2. The Kier molecular flexibility index (Phi) is 4.13. The number of hydrogen-bond acceptors (Lipinski definition) is 5. The summed E-state index contributed by atoms with van der Waals surface area (Å²) >= 11 is 2.31. The molecule has 0 spiro atoms. The molecule has 6 nitrogen and oxygen atoms in total. The number of halogens is 1. The fourth-order valence-electron chi connectivity index (χ4n) is 3.80. The number of nitro groups is 1. The van der Waals surface area contributed by atoms with E-state index in [1.165, 1.54) is 12.1 Å². The predicted octanol–water partition coefficient (Wildman–Crippen LogP) is 5.54. The molecule has 142 valence electrons. The third kappa shape index (κ3) is 2.72. The zero-order valence-electron chi connectivity index (χ0n) is 14.9. The molecule has 0 saturated heterocycles. The van der Waals surface area contributed by atoms with Crippen LogP contribution in [0.1, 0.15) is 33.3 Å². The lowest BCUT2D eigenvalue weighted by Gasteiger charge is -2.43. The van der Waals surface area contributed by atoms with Crippen LogP contribution in [0.15, 0.2) is 72.8 Å². The number of nitrogens with zero attached hydrogens (tertiary/aromatic N) is 2. The molecule has 0 aliphatic carbocycles. The minimum atomic E-state index is -0.638. The van der Waals surface area contributed by atoms with Crippen molar-refractivity contribution in [1.29, 1.82) is 0 Å². The predicted molar refractivity (Wildman–Crippen MR) is 117 cm³/mol. The van der Waals surface area contributed by atoms with Gasteiger partial charge in [0, 0.05) is 21.3 Å². The molecule has 7 heteroatoms. The maximum Gasteiger partial charge on any atom is 0.342 e. The van der Waals surface area contributed by atoms with E-state index in [0.717, 1.165) is 26.0 Å². The highest BCUT2D eigenvalue weighted by atomic mass is 127. The molecule has 0 radical (unpaired) electrons. The third-order valence-electron chi connectivity index (χ3n) is 5.08. The Labute approximate surface area is 179 Å². The molecule has 5 rings (SSSR count). The van der Waals surface area contributed by atoms with Crippen molar-refractivity contribution in [3.63, 3.8) is 0 Å². The second-order valence-electron chi connectivity index (χ2n) is 6.70. The van der Waals surface area contributed by atoms with E-state index in [1.807, 2.05) is 59.5 Å². The number of carbonyl (C=O) groups excluding carboxylic acids is 1. The molecule has 29 heavy (non-hydrogen) atoms. The van der Waals surface area contributed by atoms with Crippen LogP contribution >= 0.6 is 22.6 Å². The van der Waals surface area contributed by atoms with Gasteiger partial charge in [0.05, 0.1) is 21.9 Å². The molecule has 0 saturated carbocycles. The molecule has 1 atom stereocenters. The first-order chi connectivity index (χ1) is 14.1. The normalized spacial score (nSPS) is 17.2. The summed E-state index contributed by atoms with van der Waals surface area (Å²) in [6.07, 6.45) is -0.638. The monoisotopic (exact) mass is 496 g/mol. The number of esters is 1. The summed E-state index contributed by atoms with van der Waals surface area (Å²) in [5.41, 5.74) is 4.40. The first kappa shape index (κ1) is 17.9. The minimum absolute atomic E-state index is 0.142. The van der Waals surface area contributed by atoms with Gasteiger partial charge in [0.25, 0.3) is 5.69 Å². The van der Waals surface area contributed by atoms with E-state index in [4.69, 9.17) is 4.74 Å². The van der Waals surface area contributed by atoms with Crippen LogP contribution in [0, 0.1) is 10.1 Å². The highest BCUT2D eigenvalue weighted by Crippen LogP contribution is 2.51. The van der Waals surface area contributed by atoms with Crippen LogP contribution in [0.3, 0.4) is 0 Å². The summed E-state index contributed by atoms with van der Waals surface area (Å²) in [6.45, 7) is 0. The lowest BCUT2D eigenvalue weighted by Crippen LogP contribution is -2.39. The smallest absolute Gasteiger partial charge is 0.342 e. The van der Waals surface area contributed by atoms with Crippen LogP contribution in [0.5, 0.6) is 0 Å². The Morgan fingerprint density at radius 1 is 0.966 bits per heavy atom. The van der Waals surface area contributed by atoms with Crippen molar-refractivity contribution in [2.24, 2.45) is 0 Å². The fraction of sp³-hybridized carbons (Fsp3) is 0.0455. The minimum Gasteiger partial charge on any atom is -0.433 e. The Balaban J connectivity index is 1.81. The number of rotatable bonds is 2. The SMILES string of the molecule is O=C1OC2c3ccccc3C(I)=C(c3ccccc3)N2c2ccc([N+](=O)[O-])cc21. The van der Waals surface area contributed by atoms with Crippen molar-refractivity contribution in [2.75, 3.05) is 4.90 Å². The Bertz CT molecular complexity index is 1210. The standard InChI is InChI=1S/C22H13IN2O4/c23-19-15-8-4-5-9-16(15)21-24(20(19)13-6-2-1-3-7-13)18-11-10-14(25(27)28)12-17(18)22(26)29-21/h1-12,21H. The number of benzene rings is 3. The zero-order valence-corrected chi connectivity index (χ0v) is 17.1. The molecule has 0 aromatic heterocycles. The maximum atomic E-state index is 12.8. The van der Waals surface area contributed by atoms with Crippen molar-refractivity contribution in [3.05, 3.63) is 105 Å². The van der Waals surface area contributed by atoms with Gasteiger partial charge in [-0.15, -0.1) is 0 Å². The van der Waals surface area contributed by atoms with E-state index in [-0.39, 0.29) is 11.3 Å². The molecule has 2 aliphatic heterocycles. The largest absolute Gasteiger partial charge is 0.433 e. The molecule has 0 amide bonds. The molecule has 2 aliphatic rings. The van der Waals surface area contributed by atoms with E-state index in [1.54, 1.807) is 6.07 Å². The quantitative estimate of drug-likeness (QED) is 0.202. The molecule has 0 fully saturated rings. The Morgan fingerprint density at radius 3 is 2.45 bits per heavy atom. The molecule has 3 aromatic rings. The van der Waals surface area contributed by atoms with Gasteiger partial charge >= 0.3 is 5.97 Å². The number of nitro benzene ring substituents is 1. The third-order valence-corrected chi connectivity index (χ3v) is 6.17. The van der Waals surface area contributed by atoms with Crippen LogP contribution in [-0.2, 0) is 4.74 Å². The number of fused-ring (bicyclic) bond motifs is 5. The van der Waals surface area contributed by atoms with Gasteiger partial charge in [0.15, 0.2) is 0 Å². The Hall–Kier alpha value is -3.20. The molecule has 0 bridgehead atoms. The molecule has 0 N–H and O–H groups in total.